The van der Waals surface area contributed by atoms with Crippen molar-refractivity contribution in [2.24, 2.45) is 0 Å². The van der Waals surface area contributed by atoms with Crippen molar-refractivity contribution in [2.75, 3.05) is 13.7 Å². The molecular weight excluding hydrogens is 284 g/mol. The summed E-state index contributed by atoms with van der Waals surface area (Å²) < 4.78 is 36.4. The lowest BCUT2D eigenvalue weighted by Gasteiger charge is -2.32. The van der Waals surface area contributed by atoms with Gasteiger partial charge in [-0.2, -0.15) is 0 Å². The highest BCUT2D eigenvalue weighted by atomic mass is 35.5. The summed E-state index contributed by atoms with van der Waals surface area (Å²) in [6.07, 6.45) is -0.951. The van der Waals surface area contributed by atoms with Crippen LogP contribution in [0, 0.1) is 0 Å². The summed E-state index contributed by atoms with van der Waals surface area (Å²) in [5.41, 5.74) is -0.115. The molecule has 1 amide bonds. The average Bonchev–Trinajstić information content (AvgIpc) is 2.33. The summed E-state index contributed by atoms with van der Waals surface area (Å²) in [6, 6.07) is 2.53. The highest BCUT2D eigenvalue weighted by Crippen LogP contribution is 2.41. The van der Waals surface area contributed by atoms with Crippen LogP contribution < -0.4 is 10.1 Å². The number of benzene rings is 1. The van der Waals surface area contributed by atoms with Crippen molar-refractivity contribution >= 4 is 18.5 Å². The van der Waals surface area contributed by atoms with Crippen LogP contribution in [0.25, 0.3) is 0 Å². The van der Waals surface area contributed by atoms with Gasteiger partial charge in [0.15, 0.2) is 18.1 Å². The molecule has 5 nitrogen and oxygen atoms in total. The molecular formula is C11H12ClF2NO4. The second kappa shape index (κ2) is 5.48. The van der Waals surface area contributed by atoms with E-state index in [0.29, 0.717) is 0 Å². The first-order chi connectivity index (χ1) is 8.45. The van der Waals surface area contributed by atoms with Crippen LogP contribution in [0.15, 0.2) is 18.2 Å². The quantitative estimate of drug-likeness (QED) is 0.878. The fourth-order valence-electron chi connectivity index (χ4n) is 1.75. The zero-order valence-electron chi connectivity index (χ0n) is 9.85. The molecule has 8 heteroatoms. The monoisotopic (exact) mass is 295 g/mol. The van der Waals surface area contributed by atoms with Gasteiger partial charge in [0.1, 0.15) is 6.04 Å². The molecule has 1 fully saturated rings. The number of ether oxygens (including phenoxy) is 2. The van der Waals surface area contributed by atoms with Crippen LogP contribution in [0.2, 0.25) is 0 Å². The molecule has 106 valence electrons. The molecule has 1 aliphatic heterocycles. The van der Waals surface area contributed by atoms with Gasteiger partial charge in [-0.3, -0.25) is 0 Å². The van der Waals surface area contributed by atoms with Gasteiger partial charge < -0.3 is 19.9 Å². The van der Waals surface area contributed by atoms with Crippen molar-refractivity contribution in [3.63, 3.8) is 0 Å². The number of nitrogens with one attached hydrogen (secondary N) is 1. The fraction of sp³-hybridized carbons (Fsp3) is 0.364. The van der Waals surface area contributed by atoms with Gasteiger partial charge in [0.05, 0.1) is 7.11 Å². The number of aromatic hydroxyl groups is 1. The third-order valence-corrected chi connectivity index (χ3v) is 2.64. The van der Waals surface area contributed by atoms with Crippen LogP contribution in [-0.2, 0) is 4.74 Å². The van der Waals surface area contributed by atoms with Gasteiger partial charge in [0.25, 0.3) is 0 Å². The molecule has 19 heavy (non-hydrogen) atoms. The van der Waals surface area contributed by atoms with E-state index >= 15 is 0 Å². The fourth-order valence-corrected chi connectivity index (χ4v) is 1.75. The van der Waals surface area contributed by atoms with Crippen molar-refractivity contribution in [3.05, 3.63) is 23.8 Å². The Morgan fingerprint density at radius 1 is 1.53 bits per heavy atom. The largest absolute Gasteiger partial charge is 0.504 e. The summed E-state index contributed by atoms with van der Waals surface area (Å²) in [7, 11) is 1.31. The molecule has 1 aliphatic rings. The van der Waals surface area contributed by atoms with E-state index in [2.05, 4.69) is 4.74 Å². The second-order valence-corrected chi connectivity index (χ2v) is 3.81. The predicted octanol–water partition coefficient (Wildman–Crippen LogP) is 2.24. The number of carbonyl (C=O) groups is 1. The van der Waals surface area contributed by atoms with Crippen LogP contribution >= 0.6 is 12.4 Å². The van der Waals surface area contributed by atoms with E-state index < -0.39 is 30.4 Å². The van der Waals surface area contributed by atoms with Crippen molar-refractivity contribution in [2.45, 2.75) is 12.0 Å². The van der Waals surface area contributed by atoms with Gasteiger partial charge in [0.2, 0.25) is 0 Å². The number of rotatable bonds is 2. The number of carbonyl (C=O) groups excluding carboxylic acids is 1. The standard InChI is InChI=1S/C11H11F2NO4.ClH/c1-17-7-4-2-3-6(8(7)15)9-11(12,13)5-18-10(16)14-9;/h2-4,9,15H,5H2,1H3,(H,14,16);1H/t9-;/m0./s1. The lowest BCUT2D eigenvalue weighted by atomic mass is 9.99. The topological polar surface area (TPSA) is 67.8 Å². The number of cyclic esters (lactones) is 1. The zero-order valence-corrected chi connectivity index (χ0v) is 10.7. The number of phenolic OH excluding ortho intramolecular Hbond substituents is 1. The van der Waals surface area contributed by atoms with E-state index in [9.17, 15) is 18.7 Å². The number of para-hydroxylation sites is 1. The summed E-state index contributed by atoms with van der Waals surface area (Å²) in [6.45, 7) is -1.03. The first-order valence-corrected chi connectivity index (χ1v) is 5.12. The lowest BCUT2D eigenvalue weighted by Crippen LogP contribution is -2.49. The highest BCUT2D eigenvalue weighted by molar-refractivity contribution is 5.85. The first kappa shape index (κ1) is 15.3. The van der Waals surface area contributed by atoms with Crippen LogP contribution in [0.4, 0.5) is 13.6 Å². The first-order valence-electron chi connectivity index (χ1n) is 5.12. The Balaban J connectivity index is 0.00000180. The molecule has 1 atom stereocenters. The minimum absolute atomic E-state index is 0. The van der Waals surface area contributed by atoms with Crippen LogP contribution in [0.1, 0.15) is 11.6 Å². The molecule has 0 bridgehead atoms. The second-order valence-electron chi connectivity index (χ2n) is 3.81. The molecule has 1 aromatic carbocycles. The number of phenols is 1. The summed E-state index contributed by atoms with van der Waals surface area (Å²) >= 11 is 0. The van der Waals surface area contributed by atoms with Gasteiger partial charge in [-0.1, -0.05) is 12.1 Å². The Hall–Kier alpha value is -1.76. The maximum atomic E-state index is 13.7. The van der Waals surface area contributed by atoms with Crippen molar-refractivity contribution in [3.8, 4) is 11.5 Å². The summed E-state index contributed by atoms with van der Waals surface area (Å²) in [5.74, 6) is -3.67. The Morgan fingerprint density at radius 3 is 2.84 bits per heavy atom. The molecule has 0 radical (unpaired) electrons. The van der Waals surface area contributed by atoms with Crippen molar-refractivity contribution < 1.29 is 28.2 Å². The molecule has 0 saturated carbocycles. The predicted molar refractivity (Wildman–Crippen MR) is 64.1 cm³/mol. The van der Waals surface area contributed by atoms with Crippen molar-refractivity contribution in [1.29, 1.82) is 0 Å². The number of hydrogen-bond acceptors (Lipinski definition) is 4. The molecule has 2 rings (SSSR count). The van der Waals surface area contributed by atoms with Crippen LogP contribution in [0.5, 0.6) is 11.5 Å². The molecule has 0 unspecified atom stereocenters. The Bertz CT molecular complexity index is 484. The lowest BCUT2D eigenvalue weighted by molar-refractivity contribution is -0.104. The van der Waals surface area contributed by atoms with Gasteiger partial charge in [0, 0.05) is 5.56 Å². The van der Waals surface area contributed by atoms with Gasteiger partial charge in [-0.25, -0.2) is 13.6 Å². The van der Waals surface area contributed by atoms with E-state index in [0.717, 1.165) is 0 Å². The normalized spacial score (nSPS) is 20.8. The summed E-state index contributed by atoms with van der Waals surface area (Å²) in [4.78, 5) is 11.0. The van der Waals surface area contributed by atoms with Gasteiger partial charge in [-0.15, -0.1) is 12.4 Å². The number of alkyl carbamates (subject to hydrolysis) is 1. The van der Waals surface area contributed by atoms with E-state index in [-0.39, 0.29) is 23.7 Å². The smallest absolute Gasteiger partial charge is 0.408 e. The van der Waals surface area contributed by atoms with Crippen LogP contribution in [-0.4, -0.2) is 30.8 Å². The van der Waals surface area contributed by atoms with Crippen LogP contribution in [0.3, 0.4) is 0 Å². The van der Waals surface area contributed by atoms with E-state index in [1.807, 2.05) is 5.32 Å². The third-order valence-electron chi connectivity index (χ3n) is 2.64. The van der Waals surface area contributed by atoms with Gasteiger partial charge in [-0.05, 0) is 6.07 Å². The molecule has 0 spiro atoms. The number of alkyl halides is 2. The minimum Gasteiger partial charge on any atom is -0.504 e. The maximum Gasteiger partial charge on any atom is 0.408 e. The zero-order chi connectivity index (χ0) is 13.3. The maximum absolute atomic E-state index is 13.7. The van der Waals surface area contributed by atoms with Crippen molar-refractivity contribution in [1.82, 2.24) is 5.32 Å². The number of halogens is 3. The Kier molecular flexibility index (Phi) is 4.41. The SMILES string of the molecule is COc1cccc([C@@H]2NC(=O)OCC2(F)F)c1O.Cl. The molecule has 1 heterocycles. The minimum atomic E-state index is -3.31. The molecule has 2 N–H and O–H groups in total. The number of hydrogen-bond donors (Lipinski definition) is 2. The number of amides is 1. The van der Waals surface area contributed by atoms with Gasteiger partial charge >= 0.3 is 12.0 Å². The molecule has 1 aromatic rings. The third kappa shape index (κ3) is 2.81. The van der Waals surface area contributed by atoms with E-state index in [4.69, 9.17) is 4.74 Å². The Labute approximate surface area is 113 Å². The average molecular weight is 296 g/mol. The molecule has 1 saturated heterocycles. The highest BCUT2D eigenvalue weighted by Gasteiger charge is 2.48. The van der Waals surface area contributed by atoms with E-state index in [1.165, 1.54) is 25.3 Å². The Morgan fingerprint density at radius 2 is 2.21 bits per heavy atom. The number of methoxy groups -OCH3 is 1. The summed E-state index contributed by atoms with van der Waals surface area (Å²) in [5, 5.41) is 11.8. The van der Waals surface area contributed by atoms with E-state index in [1.54, 1.807) is 0 Å². The molecule has 0 aromatic heterocycles. The molecule has 0 aliphatic carbocycles.